The van der Waals surface area contributed by atoms with E-state index in [2.05, 4.69) is 47.1 Å². The number of benzene rings is 2. The lowest BCUT2D eigenvalue weighted by atomic mass is 10.2. The summed E-state index contributed by atoms with van der Waals surface area (Å²) in [6.07, 6.45) is 6.53. The number of rotatable bonds is 5. The number of methoxy groups -OCH3 is 1. The molecule has 8 heteroatoms. The predicted octanol–water partition coefficient (Wildman–Crippen LogP) is 6.08. The van der Waals surface area contributed by atoms with E-state index in [0.29, 0.717) is 28.4 Å². The smallest absolute Gasteiger partial charge is 0.248 e. The van der Waals surface area contributed by atoms with Gasteiger partial charge in [-0.3, -0.25) is 9.78 Å². The molecular formula is C22H15Br2N3O3. The molecule has 0 bridgehead atoms. The molecule has 0 unspecified atom stereocenters. The minimum absolute atomic E-state index is 0.267. The van der Waals surface area contributed by atoms with Gasteiger partial charge in [-0.1, -0.05) is 15.9 Å². The molecular weight excluding hydrogens is 514 g/mol. The van der Waals surface area contributed by atoms with Gasteiger partial charge >= 0.3 is 0 Å². The van der Waals surface area contributed by atoms with Gasteiger partial charge in [0.15, 0.2) is 5.58 Å². The molecule has 1 N–H and O–H groups in total. The third-order valence-electron chi connectivity index (χ3n) is 4.21. The molecule has 1 amide bonds. The zero-order valence-corrected chi connectivity index (χ0v) is 18.9. The average Bonchev–Trinajstić information content (AvgIpc) is 3.16. The highest BCUT2D eigenvalue weighted by Crippen LogP contribution is 2.27. The molecule has 2 heterocycles. The Bertz CT molecular complexity index is 1270. The fourth-order valence-corrected chi connectivity index (χ4v) is 3.59. The minimum atomic E-state index is -0.267. The Morgan fingerprint density at radius 1 is 1.10 bits per heavy atom. The van der Waals surface area contributed by atoms with Crippen LogP contribution in [0.25, 0.3) is 28.6 Å². The van der Waals surface area contributed by atoms with Crippen molar-refractivity contribution in [1.82, 2.24) is 9.97 Å². The summed E-state index contributed by atoms with van der Waals surface area (Å²) in [7, 11) is 1.59. The summed E-state index contributed by atoms with van der Waals surface area (Å²) in [5.41, 5.74) is 3.43. The number of fused-ring (bicyclic) bond motifs is 1. The maximum absolute atomic E-state index is 12.4. The average molecular weight is 529 g/mol. The minimum Gasteiger partial charge on any atom is -0.496 e. The molecule has 0 aliphatic rings. The number of hydrogen-bond acceptors (Lipinski definition) is 5. The van der Waals surface area contributed by atoms with Gasteiger partial charge < -0.3 is 14.5 Å². The fourth-order valence-electron chi connectivity index (χ4n) is 2.84. The van der Waals surface area contributed by atoms with Crippen molar-refractivity contribution in [3.8, 4) is 17.2 Å². The van der Waals surface area contributed by atoms with Gasteiger partial charge in [-0.15, -0.1) is 0 Å². The molecule has 0 aliphatic heterocycles. The zero-order valence-electron chi connectivity index (χ0n) is 15.7. The monoisotopic (exact) mass is 527 g/mol. The van der Waals surface area contributed by atoms with Crippen LogP contribution in [0.4, 0.5) is 5.69 Å². The first-order valence-electron chi connectivity index (χ1n) is 8.86. The molecule has 0 atom stereocenters. The van der Waals surface area contributed by atoms with Crippen LogP contribution >= 0.6 is 31.9 Å². The van der Waals surface area contributed by atoms with Crippen LogP contribution in [-0.4, -0.2) is 23.0 Å². The topological polar surface area (TPSA) is 77.2 Å². The van der Waals surface area contributed by atoms with Gasteiger partial charge in [0.2, 0.25) is 11.8 Å². The van der Waals surface area contributed by atoms with Crippen molar-refractivity contribution in [2.24, 2.45) is 0 Å². The van der Waals surface area contributed by atoms with Crippen molar-refractivity contribution in [1.29, 1.82) is 0 Å². The third-order valence-corrected chi connectivity index (χ3v) is 5.14. The van der Waals surface area contributed by atoms with E-state index < -0.39 is 0 Å². The first-order valence-corrected chi connectivity index (χ1v) is 10.4. The van der Waals surface area contributed by atoms with Crippen LogP contribution in [0.5, 0.6) is 5.75 Å². The molecule has 2 aromatic heterocycles. The number of amides is 1. The molecule has 0 aliphatic carbocycles. The predicted molar refractivity (Wildman–Crippen MR) is 123 cm³/mol. The number of anilines is 1. The quantitative estimate of drug-likeness (QED) is 0.318. The van der Waals surface area contributed by atoms with Crippen LogP contribution in [-0.2, 0) is 4.79 Å². The van der Waals surface area contributed by atoms with Crippen molar-refractivity contribution < 1.29 is 13.9 Å². The SMILES string of the molecule is COc1ccc(Br)cc1/C=C/C(=O)Nc1ccc2oc(-c3cncc(Br)c3)nc2c1. The van der Waals surface area contributed by atoms with E-state index in [1.54, 1.807) is 43.8 Å². The van der Waals surface area contributed by atoms with Crippen LogP contribution in [0.1, 0.15) is 5.56 Å². The summed E-state index contributed by atoms with van der Waals surface area (Å²) in [5.74, 6) is 0.876. The Morgan fingerprint density at radius 2 is 1.97 bits per heavy atom. The lowest BCUT2D eigenvalue weighted by Gasteiger charge is -2.05. The summed E-state index contributed by atoms with van der Waals surface area (Å²) in [6, 6.07) is 12.8. The first-order chi connectivity index (χ1) is 14.5. The van der Waals surface area contributed by atoms with Crippen LogP contribution in [0, 0.1) is 0 Å². The van der Waals surface area contributed by atoms with E-state index in [0.717, 1.165) is 20.1 Å². The second-order valence-corrected chi connectivity index (χ2v) is 8.13. The molecule has 0 fully saturated rings. The van der Waals surface area contributed by atoms with E-state index >= 15 is 0 Å². The number of pyridine rings is 1. The summed E-state index contributed by atoms with van der Waals surface area (Å²) < 4.78 is 12.8. The lowest BCUT2D eigenvalue weighted by Crippen LogP contribution is -2.07. The second-order valence-electron chi connectivity index (χ2n) is 6.30. The molecule has 150 valence electrons. The second kappa shape index (κ2) is 8.81. The van der Waals surface area contributed by atoms with Crippen LogP contribution in [0.2, 0.25) is 0 Å². The van der Waals surface area contributed by atoms with Crippen LogP contribution in [0.15, 0.2) is 74.3 Å². The van der Waals surface area contributed by atoms with Crippen molar-refractivity contribution in [2.75, 3.05) is 12.4 Å². The fraction of sp³-hybridized carbons (Fsp3) is 0.0455. The van der Waals surface area contributed by atoms with Gasteiger partial charge in [0.1, 0.15) is 11.3 Å². The Morgan fingerprint density at radius 3 is 2.77 bits per heavy atom. The van der Waals surface area contributed by atoms with Crippen LogP contribution < -0.4 is 10.1 Å². The summed E-state index contributed by atoms with van der Waals surface area (Å²) in [4.78, 5) is 21.0. The van der Waals surface area contributed by atoms with E-state index in [1.165, 1.54) is 6.08 Å². The Hall–Kier alpha value is -2.97. The van der Waals surface area contributed by atoms with Crippen molar-refractivity contribution in [3.05, 3.63) is 75.4 Å². The summed E-state index contributed by atoms with van der Waals surface area (Å²) in [5, 5.41) is 2.83. The van der Waals surface area contributed by atoms with E-state index in [-0.39, 0.29) is 5.91 Å². The highest BCUT2D eigenvalue weighted by molar-refractivity contribution is 9.10. The third kappa shape index (κ3) is 4.60. The molecule has 2 aromatic carbocycles. The van der Waals surface area contributed by atoms with Crippen molar-refractivity contribution in [3.63, 3.8) is 0 Å². The van der Waals surface area contributed by atoms with E-state index in [4.69, 9.17) is 9.15 Å². The number of carbonyl (C=O) groups is 1. The Kier molecular flexibility index (Phi) is 5.96. The first kappa shape index (κ1) is 20.3. The molecule has 0 saturated carbocycles. The van der Waals surface area contributed by atoms with Gasteiger partial charge in [-0.2, -0.15) is 0 Å². The summed E-state index contributed by atoms with van der Waals surface area (Å²) in [6.45, 7) is 0. The Balaban J connectivity index is 1.52. The zero-order chi connectivity index (χ0) is 21.1. The van der Waals surface area contributed by atoms with Gasteiger partial charge in [-0.25, -0.2) is 4.98 Å². The summed E-state index contributed by atoms with van der Waals surface area (Å²) >= 11 is 6.81. The number of carbonyl (C=O) groups excluding carboxylic acids is 1. The maximum Gasteiger partial charge on any atom is 0.248 e. The normalized spacial score (nSPS) is 11.2. The molecule has 30 heavy (non-hydrogen) atoms. The van der Waals surface area contributed by atoms with Gasteiger partial charge in [0.25, 0.3) is 0 Å². The molecule has 4 rings (SSSR count). The number of nitrogens with one attached hydrogen (secondary N) is 1. The van der Waals surface area contributed by atoms with Crippen LogP contribution in [0.3, 0.4) is 0 Å². The Labute approximate surface area is 189 Å². The molecule has 0 spiro atoms. The lowest BCUT2D eigenvalue weighted by molar-refractivity contribution is -0.111. The largest absolute Gasteiger partial charge is 0.496 e. The number of aromatic nitrogens is 2. The molecule has 0 saturated heterocycles. The number of nitrogens with zero attached hydrogens (tertiary/aromatic N) is 2. The molecule has 0 radical (unpaired) electrons. The van der Waals surface area contributed by atoms with E-state index in [1.807, 2.05) is 24.3 Å². The van der Waals surface area contributed by atoms with Crippen molar-refractivity contribution in [2.45, 2.75) is 0 Å². The highest BCUT2D eigenvalue weighted by Gasteiger charge is 2.10. The highest BCUT2D eigenvalue weighted by atomic mass is 79.9. The molecule has 4 aromatic rings. The van der Waals surface area contributed by atoms with E-state index in [9.17, 15) is 4.79 Å². The van der Waals surface area contributed by atoms with Gasteiger partial charge in [0.05, 0.1) is 12.7 Å². The van der Waals surface area contributed by atoms with Gasteiger partial charge in [-0.05, 0) is 64.5 Å². The number of ether oxygens (including phenoxy) is 1. The van der Waals surface area contributed by atoms with Crippen molar-refractivity contribution >= 4 is 60.6 Å². The maximum atomic E-state index is 12.4. The number of oxazole rings is 1. The molecule has 6 nitrogen and oxygen atoms in total. The number of halogens is 2. The number of hydrogen-bond donors (Lipinski definition) is 1. The standard InChI is InChI=1S/C22H15Br2N3O3/c1-29-19-5-3-15(23)8-13(19)2-7-21(28)26-17-4-6-20-18(10-17)27-22(30-20)14-9-16(24)12-25-11-14/h2-12H,1H3,(H,26,28)/b7-2+. The van der Waals surface area contributed by atoms with Gasteiger partial charge in [0, 0.05) is 38.7 Å².